The van der Waals surface area contributed by atoms with E-state index < -0.39 is 5.54 Å². The molecule has 0 spiro atoms. The summed E-state index contributed by atoms with van der Waals surface area (Å²) in [6.07, 6.45) is 1.66. The highest BCUT2D eigenvalue weighted by molar-refractivity contribution is 9.11. The van der Waals surface area contributed by atoms with Crippen molar-refractivity contribution < 1.29 is 4.52 Å². The summed E-state index contributed by atoms with van der Waals surface area (Å²) in [7, 11) is 0. The maximum Gasteiger partial charge on any atom is 0.265 e. The van der Waals surface area contributed by atoms with E-state index in [0.29, 0.717) is 16.2 Å². The molecule has 2 N–H and O–H groups in total. The van der Waals surface area contributed by atoms with Gasteiger partial charge in [-0.2, -0.15) is 4.98 Å². The van der Waals surface area contributed by atoms with Crippen LogP contribution in [0, 0.1) is 0 Å². The lowest BCUT2D eigenvalue weighted by Crippen LogP contribution is -2.30. The largest absolute Gasteiger partial charge is 0.337 e. The zero-order valence-corrected chi connectivity index (χ0v) is 13.5. The van der Waals surface area contributed by atoms with Crippen LogP contribution in [0.4, 0.5) is 0 Å². The van der Waals surface area contributed by atoms with Gasteiger partial charge >= 0.3 is 0 Å². The first-order valence-electron chi connectivity index (χ1n) is 5.45. The molecular weight excluding hydrogens is 380 g/mol. The van der Waals surface area contributed by atoms with Crippen LogP contribution in [-0.4, -0.2) is 14.7 Å². The first-order valence-corrected chi connectivity index (χ1v) is 7.03. The van der Waals surface area contributed by atoms with Crippen LogP contribution in [0.2, 0.25) is 0 Å². The molecule has 0 aromatic carbocycles. The fraction of sp³-hybridized carbons (Fsp3) is 0.364. The number of rotatable bonds is 3. The SMILES string of the molecule is CC(C)(N)c1noc(Cn2cc(Br)cc(Br)c2=O)n1. The number of halogens is 2. The third kappa shape index (κ3) is 3.31. The van der Waals surface area contributed by atoms with Crippen molar-refractivity contribution in [2.75, 3.05) is 0 Å². The van der Waals surface area contributed by atoms with Crippen LogP contribution in [-0.2, 0) is 12.1 Å². The summed E-state index contributed by atoms with van der Waals surface area (Å²) in [4.78, 5) is 16.1. The predicted octanol–water partition coefficient (Wildman–Crippen LogP) is 2.00. The lowest BCUT2D eigenvalue weighted by Gasteiger charge is -2.11. The van der Waals surface area contributed by atoms with Crippen LogP contribution in [0.15, 0.2) is 30.5 Å². The summed E-state index contributed by atoms with van der Waals surface area (Å²) < 4.78 is 7.80. The monoisotopic (exact) mass is 390 g/mol. The Hall–Kier alpha value is -0.990. The predicted molar refractivity (Wildman–Crippen MR) is 76.7 cm³/mol. The third-order valence-electron chi connectivity index (χ3n) is 2.36. The molecular formula is C11H12Br2N4O2. The summed E-state index contributed by atoms with van der Waals surface area (Å²) >= 11 is 6.52. The van der Waals surface area contributed by atoms with Crippen LogP contribution >= 0.6 is 31.9 Å². The van der Waals surface area contributed by atoms with Gasteiger partial charge in [0.15, 0.2) is 5.82 Å². The van der Waals surface area contributed by atoms with Gasteiger partial charge in [-0.3, -0.25) is 4.79 Å². The second-order valence-corrected chi connectivity index (χ2v) is 6.44. The van der Waals surface area contributed by atoms with Crippen LogP contribution in [0.5, 0.6) is 0 Å². The standard InChI is InChI=1S/C11H12Br2N4O2/c1-11(2,14)10-15-8(19-16-10)5-17-4-6(12)3-7(13)9(17)18/h3-4H,5,14H2,1-2H3. The first-order chi connectivity index (χ1) is 8.77. The molecule has 0 aliphatic heterocycles. The Morgan fingerprint density at radius 3 is 2.74 bits per heavy atom. The van der Waals surface area contributed by atoms with Gasteiger partial charge < -0.3 is 14.8 Å². The van der Waals surface area contributed by atoms with E-state index in [1.165, 1.54) is 4.57 Å². The summed E-state index contributed by atoms with van der Waals surface area (Å²) in [5, 5.41) is 3.81. The zero-order chi connectivity index (χ0) is 14.2. The lowest BCUT2D eigenvalue weighted by atomic mass is 10.1. The van der Waals surface area contributed by atoms with Gasteiger partial charge in [-0.1, -0.05) is 5.16 Å². The second-order valence-electron chi connectivity index (χ2n) is 4.67. The lowest BCUT2D eigenvalue weighted by molar-refractivity contribution is 0.354. The molecule has 0 fully saturated rings. The third-order valence-corrected chi connectivity index (χ3v) is 3.36. The van der Waals surface area contributed by atoms with Crippen LogP contribution in [0.25, 0.3) is 0 Å². The molecule has 0 aliphatic carbocycles. The fourth-order valence-electron chi connectivity index (χ4n) is 1.41. The molecule has 0 bridgehead atoms. The number of nitrogens with two attached hydrogens (primary N) is 1. The zero-order valence-electron chi connectivity index (χ0n) is 10.4. The van der Waals surface area contributed by atoms with Crippen molar-refractivity contribution >= 4 is 31.9 Å². The molecule has 19 heavy (non-hydrogen) atoms. The van der Waals surface area contributed by atoms with Crippen LogP contribution < -0.4 is 11.3 Å². The molecule has 2 heterocycles. The van der Waals surface area contributed by atoms with Crippen molar-refractivity contribution in [2.24, 2.45) is 5.73 Å². The summed E-state index contributed by atoms with van der Waals surface area (Å²) in [5.74, 6) is 0.741. The highest BCUT2D eigenvalue weighted by Gasteiger charge is 2.21. The van der Waals surface area contributed by atoms with E-state index in [9.17, 15) is 4.79 Å². The van der Waals surface area contributed by atoms with E-state index in [1.54, 1.807) is 26.1 Å². The second kappa shape index (κ2) is 5.18. The van der Waals surface area contributed by atoms with Gasteiger partial charge in [-0.25, -0.2) is 0 Å². The Morgan fingerprint density at radius 1 is 1.47 bits per heavy atom. The molecule has 0 radical (unpaired) electrons. The van der Waals surface area contributed by atoms with E-state index in [0.717, 1.165) is 4.47 Å². The van der Waals surface area contributed by atoms with Gasteiger partial charge in [0.25, 0.3) is 5.56 Å². The number of aromatic nitrogens is 3. The molecule has 0 unspecified atom stereocenters. The average Bonchev–Trinajstić information content (AvgIpc) is 2.73. The Labute approximate surface area is 126 Å². The Balaban J connectivity index is 2.32. The minimum Gasteiger partial charge on any atom is -0.337 e. The molecule has 2 aromatic heterocycles. The molecule has 8 heteroatoms. The average molecular weight is 392 g/mol. The maximum absolute atomic E-state index is 11.9. The number of hydrogen-bond donors (Lipinski definition) is 1. The summed E-state index contributed by atoms with van der Waals surface area (Å²) in [6, 6.07) is 1.68. The van der Waals surface area contributed by atoms with Crippen molar-refractivity contribution in [1.29, 1.82) is 0 Å². The highest BCUT2D eigenvalue weighted by Crippen LogP contribution is 2.15. The molecule has 0 atom stereocenters. The Kier molecular flexibility index (Phi) is 3.93. The first kappa shape index (κ1) is 14.4. The number of hydrogen-bond acceptors (Lipinski definition) is 5. The van der Waals surface area contributed by atoms with E-state index in [4.69, 9.17) is 10.3 Å². The van der Waals surface area contributed by atoms with Gasteiger partial charge in [-0.15, -0.1) is 0 Å². The maximum atomic E-state index is 11.9. The molecule has 0 saturated heterocycles. The van der Waals surface area contributed by atoms with E-state index >= 15 is 0 Å². The number of pyridine rings is 1. The van der Waals surface area contributed by atoms with Gasteiger partial charge in [-0.05, 0) is 51.8 Å². The summed E-state index contributed by atoms with van der Waals surface area (Å²) in [5.41, 5.74) is 5.03. The highest BCUT2D eigenvalue weighted by atomic mass is 79.9. The normalized spacial score (nSPS) is 11.8. The van der Waals surface area contributed by atoms with Crippen molar-refractivity contribution in [3.8, 4) is 0 Å². The van der Waals surface area contributed by atoms with Crippen molar-refractivity contribution in [3.05, 3.63) is 43.3 Å². The molecule has 2 aromatic rings. The summed E-state index contributed by atoms with van der Waals surface area (Å²) in [6.45, 7) is 3.76. The topological polar surface area (TPSA) is 86.9 Å². The van der Waals surface area contributed by atoms with Gasteiger partial charge in [0.2, 0.25) is 5.89 Å². The van der Waals surface area contributed by atoms with Gasteiger partial charge in [0.1, 0.15) is 6.54 Å². The van der Waals surface area contributed by atoms with E-state index in [2.05, 4.69) is 42.0 Å². The van der Waals surface area contributed by atoms with E-state index in [1.807, 2.05) is 0 Å². The van der Waals surface area contributed by atoms with Crippen molar-refractivity contribution in [2.45, 2.75) is 25.9 Å². The van der Waals surface area contributed by atoms with Crippen LogP contribution in [0.1, 0.15) is 25.6 Å². The van der Waals surface area contributed by atoms with Gasteiger partial charge in [0.05, 0.1) is 10.0 Å². The minimum absolute atomic E-state index is 0.171. The van der Waals surface area contributed by atoms with Gasteiger partial charge in [0, 0.05) is 10.7 Å². The Bertz CT molecular complexity index is 657. The quantitative estimate of drug-likeness (QED) is 0.864. The fourth-order valence-corrected chi connectivity index (χ4v) is 2.67. The molecule has 102 valence electrons. The smallest absolute Gasteiger partial charge is 0.265 e. The Morgan fingerprint density at radius 2 is 2.16 bits per heavy atom. The molecule has 0 amide bonds. The molecule has 0 saturated carbocycles. The van der Waals surface area contributed by atoms with Crippen molar-refractivity contribution in [1.82, 2.24) is 14.7 Å². The van der Waals surface area contributed by atoms with Crippen LogP contribution in [0.3, 0.4) is 0 Å². The molecule has 6 nitrogen and oxygen atoms in total. The number of nitrogens with zero attached hydrogens (tertiary/aromatic N) is 3. The van der Waals surface area contributed by atoms with Crippen molar-refractivity contribution in [3.63, 3.8) is 0 Å². The molecule has 0 aliphatic rings. The molecule has 2 rings (SSSR count). The van der Waals surface area contributed by atoms with E-state index in [-0.39, 0.29) is 12.1 Å². The minimum atomic E-state index is -0.676.